The number of aromatic nitrogens is 5. The van der Waals surface area contributed by atoms with Crippen LogP contribution in [0, 0.1) is 0 Å². The van der Waals surface area contributed by atoms with E-state index in [1.807, 2.05) is 19.2 Å². The number of aryl methyl sites for hydroxylation is 2. The van der Waals surface area contributed by atoms with Gasteiger partial charge in [0.15, 0.2) is 5.82 Å². The molecule has 142 valence electrons. The van der Waals surface area contributed by atoms with Gasteiger partial charge in [-0.15, -0.1) is 5.10 Å². The van der Waals surface area contributed by atoms with E-state index in [-0.39, 0.29) is 11.9 Å². The van der Waals surface area contributed by atoms with E-state index in [4.69, 9.17) is 9.47 Å². The number of nitrogens with zero attached hydrogens (tertiary/aromatic N) is 5. The lowest BCUT2D eigenvalue weighted by molar-refractivity contribution is 0.0892. The Morgan fingerprint density at radius 3 is 2.67 bits per heavy atom. The molecule has 0 bridgehead atoms. The quantitative estimate of drug-likeness (QED) is 0.674. The molecule has 0 saturated carbocycles. The smallest absolute Gasteiger partial charge is 0.314 e. The molecular weight excluding hydrogens is 348 g/mol. The highest BCUT2D eigenvalue weighted by atomic mass is 16.5. The lowest BCUT2D eigenvalue weighted by Gasteiger charge is -2.18. The van der Waals surface area contributed by atoms with Gasteiger partial charge in [-0.05, 0) is 18.2 Å². The van der Waals surface area contributed by atoms with Gasteiger partial charge in [-0.3, -0.25) is 9.48 Å². The summed E-state index contributed by atoms with van der Waals surface area (Å²) >= 11 is 0. The lowest BCUT2D eigenvalue weighted by Crippen LogP contribution is -2.32. The third-order valence-corrected chi connectivity index (χ3v) is 4.14. The highest BCUT2D eigenvalue weighted by molar-refractivity contribution is 5.95. The van der Waals surface area contributed by atoms with Crippen molar-refractivity contribution < 1.29 is 14.3 Å². The van der Waals surface area contributed by atoms with Gasteiger partial charge < -0.3 is 14.8 Å². The third-order valence-electron chi connectivity index (χ3n) is 4.14. The number of carbonyl (C=O) groups excluding carboxylic acids is 1. The van der Waals surface area contributed by atoms with Crippen molar-refractivity contribution in [1.82, 2.24) is 29.9 Å². The molecule has 2 aromatic heterocycles. The molecule has 1 unspecified atom stereocenters. The standard InChI is InChI=1S/C18H22N6O3/c1-23-15(8-9-19-23)14(11-26-3)20-17(25)13-7-5-6-12(10-13)16-21-18(27-4)24(2)22-16/h5-10,14H,11H2,1-4H3,(H,20,25). The normalized spacial score (nSPS) is 12.0. The Bertz CT molecular complexity index is 933. The van der Waals surface area contributed by atoms with Gasteiger partial charge in [0.05, 0.1) is 25.5 Å². The maximum Gasteiger partial charge on any atom is 0.314 e. The van der Waals surface area contributed by atoms with Crippen LogP contribution in [-0.4, -0.2) is 51.3 Å². The first-order valence-electron chi connectivity index (χ1n) is 8.36. The highest BCUT2D eigenvalue weighted by Crippen LogP contribution is 2.20. The van der Waals surface area contributed by atoms with Gasteiger partial charge in [0, 0.05) is 38.5 Å². The van der Waals surface area contributed by atoms with Crippen molar-refractivity contribution in [2.45, 2.75) is 6.04 Å². The number of benzene rings is 1. The molecule has 0 aliphatic rings. The van der Waals surface area contributed by atoms with Crippen LogP contribution in [0.15, 0.2) is 36.5 Å². The molecule has 9 heteroatoms. The minimum Gasteiger partial charge on any atom is -0.467 e. The summed E-state index contributed by atoms with van der Waals surface area (Å²) < 4.78 is 13.6. The molecule has 0 aliphatic carbocycles. The molecule has 0 radical (unpaired) electrons. The Morgan fingerprint density at radius 1 is 1.22 bits per heavy atom. The van der Waals surface area contributed by atoms with E-state index in [1.54, 1.807) is 47.9 Å². The minimum absolute atomic E-state index is 0.219. The molecule has 0 fully saturated rings. The summed E-state index contributed by atoms with van der Waals surface area (Å²) in [7, 11) is 6.70. The van der Waals surface area contributed by atoms with Crippen molar-refractivity contribution in [2.75, 3.05) is 20.8 Å². The van der Waals surface area contributed by atoms with Gasteiger partial charge in [0.2, 0.25) is 0 Å². The van der Waals surface area contributed by atoms with Crippen molar-refractivity contribution in [3.8, 4) is 17.4 Å². The predicted octanol–water partition coefficient (Wildman–Crippen LogP) is 1.34. The number of methoxy groups -OCH3 is 2. The molecule has 0 saturated heterocycles. The average Bonchev–Trinajstić information content (AvgIpc) is 3.26. The third kappa shape index (κ3) is 3.98. The first-order chi connectivity index (χ1) is 13.0. The van der Waals surface area contributed by atoms with E-state index in [1.165, 1.54) is 7.11 Å². The summed E-state index contributed by atoms with van der Waals surface area (Å²) in [4.78, 5) is 17.1. The van der Waals surface area contributed by atoms with E-state index < -0.39 is 0 Å². The Kier molecular flexibility index (Phi) is 5.51. The maximum atomic E-state index is 12.8. The number of amides is 1. The number of nitrogens with one attached hydrogen (secondary N) is 1. The van der Waals surface area contributed by atoms with Gasteiger partial charge in [-0.1, -0.05) is 12.1 Å². The zero-order valence-corrected chi connectivity index (χ0v) is 15.7. The second-order valence-corrected chi connectivity index (χ2v) is 5.99. The van der Waals surface area contributed by atoms with Gasteiger partial charge in [0.1, 0.15) is 0 Å². The predicted molar refractivity (Wildman–Crippen MR) is 98.3 cm³/mol. The summed E-state index contributed by atoms with van der Waals surface area (Å²) in [5.74, 6) is 0.270. The number of hydrogen-bond donors (Lipinski definition) is 1. The Balaban J connectivity index is 1.83. The topological polar surface area (TPSA) is 96.1 Å². The summed E-state index contributed by atoms with van der Waals surface area (Å²) in [6.07, 6.45) is 1.69. The zero-order valence-electron chi connectivity index (χ0n) is 15.7. The van der Waals surface area contributed by atoms with Crippen molar-refractivity contribution >= 4 is 5.91 Å². The first-order valence-corrected chi connectivity index (χ1v) is 8.36. The van der Waals surface area contributed by atoms with Crippen LogP contribution in [0.5, 0.6) is 6.01 Å². The lowest BCUT2D eigenvalue weighted by atomic mass is 10.1. The molecule has 1 amide bonds. The molecule has 0 aliphatic heterocycles. The van der Waals surface area contributed by atoms with E-state index in [0.717, 1.165) is 11.3 Å². The second kappa shape index (κ2) is 8.00. The summed E-state index contributed by atoms with van der Waals surface area (Å²) in [5, 5.41) is 11.5. The van der Waals surface area contributed by atoms with E-state index in [9.17, 15) is 4.79 Å². The first kappa shape index (κ1) is 18.6. The van der Waals surface area contributed by atoms with Gasteiger partial charge in [0.25, 0.3) is 5.91 Å². The summed E-state index contributed by atoms with van der Waals surface area (Å²) in [6.45, 7) is 0.337. The fourth-order valence-electron chi connectivity index (χ4n) is 2.80. The van der Waals surface area contributed by atoms with Gasteiger partial charge >= 0.3 is 6.01 Å². The van der Waals surface area contributed by atoms with Crippen LogP contribution in [-0.2, 0) is 18.8 Å². The van der Waals surface area contributed by atoms with Crippen LogP contribution in [0.2, 0.25) is 0 Å². The van der Waals surface area contributed by atoms with Crippen molar-refractivity contribution in [3.05, 3.63) is 47.8 Å². The highest BCUT2D eigenvalue weighted by Gasteiger charge is 2.19. The van der Waals surface area contributed by atoms with Crippen LogP contribution < -0.4 is 10.1 Å². The zero-order chi connectivity index (χ0) is 19.4. The van der Waals surface area contributed by atoms with Crippen molar-refractivity contribution in [2.24, 2.45) is 14.1 Å². The van der Waals surface area contributed by atoms with Crippen LogP contribution in [0.3, 0.4) is 0 Å². The van der Waals surface area contributed by atoms with Crippen LogP contribution in [0.1, 0.15) is 22.1 Å². The second-order valence-electron chi connectivity index (χ2n) is 5.99. The average molecular weight is 370 g/mol. The largest absolute Gasteiger partial charge is 0.467 e. The van der Waals surface area contributed by atoms with Gasteiger partial charge in [-0.2, -0.15) is 10.1 Å². The molecule has 3 aromatic rings. The fraction of sp³-hybridized carbons (Fsp3) is 0.333. The van der Waals surface area contributed by atoms with Crippen molar-refractivity contribution in [1.29, 1.82) is 0 Å². The molecule has 3 rings (SSSR count). The Morgan fingerprint density at radius 2 is 2.04 bits per heavy atom. The van der Waals surface area contributed by atoms with E-state index in [0.29, 0.717) is 24.0 Å². The van der Waals surface area contributed by atoms with Crippen LogP contribution in [0.25, 0.3) is 11.4 Å². The molecule has 0 spiro atoms. The molecule has 27 heavy (non-hydrogen) atoms. The number of carbonyl (C=O) groups is 1. The molecule has 9 nitrogen and oxygen atoms in total. The number of ether oxygens (including phenoxy) is 2. The van der Waals surface area contributed by atoms with Crippen molar-refractivity contribution in [3.63, 3.8) is 0 Å². The minimum atomic E-state index is -0.313. The summed E-state index contributed by atoms with van der Waals surface area (Å²) in [6, 6.07) is 9.07. The fourth-order valence-corrected chi connectivity index (χ4v) is 2.80. The molecule has 1 aromatic carbocycles. The molecule has 2 heterocycles. The van der Waals surface area contributed by atoms with Crippen LogP contribution in [0.4, 0.5) is 0 Å². The molecular formula is C18H22N6O3. The molecule has 1 N–H and O–H groups in total. The molecule has 1 atom stereocenters. The maximum absolute atomic E-state index is 12.8. The number of hydrogen-bond acceptors (Lipinski definition) is 6. The van der Waals surface area contributed by atoms with Crippen LogP contribution >= 0.6 is 0 Å². The van der Waals surface area contributed by atoms with Gasteiger partial charge in [-0.25, -0.2) is 4.68 Å². The van der Waals surface area contributed by atoms with E-state index in [2.05, 4.69) is 20.5 Å². The monoisotopic (exact) mass is 370 g/mol. The number of rotatable bonds is 7. The summed E-state index contributed by atoms with van der Waals surface area (Å²) in [5.41, 5.74) is 2.09. The SMILES string of the molecule is COCC(NC(=O)c1cccc(-c2nc(OC)n(C)n2)c1)c1ccnn1C. The van der Waals surface area contributed by atoms with E-state index >= 15 is 0 Å². The Labute approximate surface area is 156 Å². The Hall–Kier alpha value is -3.20.